The van der Waals surface area contributed by atoms with Gasteiger partial charge in [0, 0.05) is 29.5 Å². The Morgan fingerprint density at radius 3 is 2.88 bits per heavy atom. The van der Waals surface area contributed by atoms with Gasteiger partial charge in [-0.3, -0.25) is 9.48 Å². The average molecular weight is 335 g/mol. The van der Waals surface area contributed by atoms with Crippen molar-refractivity contribution in [1.29, 1.82) is 0 Å². The number of rotatable bonds is 5. The first kappa shape index (κ1) is 15.6. The van der Waals surface area contributed by atoms with Crippen LogP contribution in [0.2, 0.25) is 0 Å². The van der Waals surface area contributed by atoms with Gasteiger partial charge in [0.2, 0.25) is 0 Å². The molecule has 1 aromatic carbocycles. The molecular formula is C19H21N5O. The Kier molecular flexibility index (Phi) is 3.87. The number of anilines is 1. The molecule has 0 radical (unpaired) electrons. The van der Waals surface area contributed by atoms with Crippen molar-refractivity contribution in [3.8, 4) is 5.69 Å². The molecule has 0 saturated heterocycles. The fraction of sp³-hybridized carbons (Fsp3) is 0.316. The maximum atomic E-state index is 12.6. The van der Waals surface area contributed by atoms with Crippen molar-refractivity contribution < 1.29 is 4.79 Å². The van der Waals surface area contributed by atoms with Crippen LogP contribution in [0, 0.1) is 12.8 Å². The van der Waals surface area contributed by atoms with Crippen LogP contribution in [0.5, 0.6) is 0 Å². The number of nitrogens with one attached hydrogen (secondary N) is 1. The molecule has 1 fully saturated rings. The maximum absolute atomic E-state index is 12.6. The van der Waals surface area contributed by atoms with E-state index in [0.717, 1.165) is 17.1 Å². The second-order valence-corrected chi connectivity index (χ2v) is 6.67. The Balaban J connectivity index is 1.52. The zero-order valence-electron chi connectivity index (χ0n) is 14.4. The van der Waals surface area contributed by atoms with E-state index in [2.05, 4.69) is 22.3 Å². The third-order valence-electron chi connectivity index (χ3n) is 4.75. The highest BCUT2D eigenvalue weighted by atomic mass is 16.1. The van der Waals surface area contributed by atoms with Crippen molar-refractivity contribution in [2.24, 2.45) is 5.92 Å². The number of amides is 1. The highest BCUT2D eigenvalue weighted by Crippen LogP contribution is 2.39. The minimum Gasteiger partial charge on any atom is -0.321 e. The van der Waals surface area contributed by atoms with Crippen LogP contribution in [-0.4, -0.2) is 25.2 Å². The van der Waals surface area contributed by atoms with E-state index >= 15 is 0 Å². The van der Waals surface area contributed by atoms with Gasteiger partial charge in [0.05, 0.1) is 12.4 Å². The molecule has 1 saturated carbocycles. The molecule has 0 bridgehead atoms. The SMILES string of the molecule is Cc1cc(C(=O)Nc2cccc(-n3ccnc3)c2)nn1[C@@H](C)C1CC1. The van der Waals surface area contributed by atoms with Crippen molar-refractivity contribution in [3.05, 3.63) is 60.4 Å². The minimum absolute atomic E-state index is 0.187. The van der Waals surface area contributed by atoms with Gasteiger partial charge in [-0.05, 0) is 56.9 Å². The largest absolute Gasteiger partial charge is 0.321 e. The molecule has 6 heteroatoms. The summed E-state index contributed by atoms with van der Waals surface area (Å²) in [7, 11) is 0. The fourth-order valence-electron chi connectivity index (χ4n) is 3.14. The van der Waals surface area contributed by atoms with Crippen molar-refractivity contribution in [3.63, 3.8) is 0 Å². The summed E-state index contributed by atoms with van der Waals surface area (Å²) >= 11 is 0. The summed E-state index contributed by atoms with van der Waals surface area (Å²) in [5.41, 5.74) is 3.16. The summed E-state index contributed by atoms with van der Waals surface area (Å²) in [5.74, 6) is 0.508. The van der Waals surface area contributed by atoms with E-state index in [4.69, 9.17) is 0 Å². The van der Waals surface area contributed by atoms with Gasteiger partial charge in [0.25, 0.3) is 5.91 Å². The van der Waals surface area contributed by atoms with Crippen LogP contribution in [0.1, 0.15) is 42.0 Å². The Morgan fingerprint density at radius 1 is 1.32 bits per heavy atom. The molecule has 2 heterocycles. The van der Waals surface area contributed by atoms with Gasteiger partial charge in [0.1, 0.15) is 0 Å². The van der Waals surface area contributed by atoms with Gasteiger partial charge in [-0.1, -0.05) is 6.07 Å². The Labute approximate surface area is 146 Å². The van der Waals surface area contributed by atoms with Crippen LogP contribution in [0.4, 0.5) is 5.69 Å². The Hall–Kier alpha value is -2.89. The predicted molar refractivity (Wildman–Crippen MR) is 95.9 cm³/mol. The van der Waals surface area contributed by atoms with Crippen molar-refractivity contribution in [1.82, 2.24) is 19.3 Å². The molecule has 0 aliphatic heterocycles. The summed E-state index contributed by atoms with van der Waals surface area (Å²) in [5, 5.41) is 7.47. The summed E-state index contributed by atoms with van der Waals surface area (Å²) in [6.07, 6.45) is 7.82. The predicted octanol–water partition coefficient (Wildman–Crippen LogP) is 3.60. The standard InChI is InChI=1S/C19H21N5O/c1-13-10-18(22-24(13)14(2)15-6-7-15)19(25)21-16-4-3-5-17(11-16)23-9-8-20-12-23/h3-5,8-12,14-15H,6-7H2,1-2H3,(H,21,25)/t14-/m0/s1. The van der Waals surface area contributed by atoms with E-state index in [-0.39, 0.29) is 5.91 Å². The third kappa shape index (κ3) is 3.20. The molecule has 25 heavy (non-hydrogen) atoms. The average Bonchev–Trinajstić information content (AvgIpc) is 3.16. The van der Waals surface area contributed by atoms with Gasteiger partial charge >= 0.3 is 0 Å². The number of carbonyl (C=O) groups is 1. The molecular weight excluding hydrogens is 314 g/mol. The van der Waals surface area contributed by atoms with E-state index in [9.17, 15) is 4.79 Å². The Morgan fingerprint density at radius 2 is 2.16 bits per heavy atom. The number of benzene rings is 1. The molecule has 4 rings (SSSR count). The van der Waals surface area contributed by atoms with Gasteiger partial charge in [-0.25, -0.2) is 4.98 Å². The number of aromatic nitrogens is 4. The van der Waals surface area contributed by atoms with Crippen molar-refractivity contribution in [2.75, 3.05) is 5.32 Å². The quantitative estimate of drug-likeness (QED) is 0.775. The molecule has 6 nitrogen and oxygen atoms in total. The van der Waals surface area contributed by atoms with E-state index in [0.29, 0.717) is 17.7 Å². The summed E-state index contributed by atoms with van der Waals surface area (Å²) in [6, 6.07) is 9.86. The molecule has 3 aromatic rings. The zero-order chi connectivity index (χ0) is 17.4. The monoisotopic (exact) mass is 335 g/mol. The lowest BCUT2D eigenvalue weighted by atomic mass is 10.2. The van der Waals surface area contributed by atoms with Crippen LogP contribution < -0.4 is 5.32 Å². The zero-order valence-corrected chi connectivity index (χ0v) is 14.4. The van der Waals surface area contributed by atoms with Gasteiger partial charge in [0.15, 0.2) is 5.69 Å². The number of aryl methyl sites for hydroxylation is 1. The first-order chi connectivity index (χ1) is 12.1. The first-order valence-electron chi connectivity index (χ1n) is 8.58. The lowest BCUT2D eigenvalue weighted by Gasteiger charge is -2.12. The molecule has 1 N–H and O–H groups in total. The molecule has 1 atom stereocenters. The van der Waals surface area contributed by atoms with Crippen LogP contribution in [0.3, 0.4) is 0 Å². The van der Waals surface area contributed by atoms with Crippen molar-refractivity contribution >= 4 is 11.6 Å². The van der Waals surface area contributed by atoms with Crippen LogP contribution in [-0.2, 0) is 0 Å². The third-order valence-corrected chi connectivity index (χ3v) is 4.75. The maximum Gasteiger partial charge on any atom is 0.276 e. The van der Waals surface area contributed by atoms with E-state index in [1.165, 1.54) is 12.8 Å². The normalized spacial score (nSPS) is 15.1. The Bertz CT molecular complexity index is 892. The summed E-state index contributed by atoms with van der Waals surface area (Å²) in [4.78, 5) is 16.6. The summed E-state index contributed by atoms with van der Waals surface area (Å²) < 4.78 is 3.88. The molecule has 0 unspecified atom stereocenters. The molecule has 1 aliphatic rings. The van der Waals surface area contributed by atoms with Crippen LogP contribution >= 0.6 is 0 Å². The molecule has 128 valence electrons. The number of hydrogen-bond donors (Lipinski definition) is 1. The number of imidazole rings is 1. The fourth-order valence-corrected chi connectivity index (χ4v) is 3.14. The number of nitrogens with zero attached hydrogens (tertiary/aromatic N) is 4. The van der Waals surface area contributed by atoms with Crippen LogP contribution in [0.15, 0.2) is 49.1 Å². The number of carbonyl (C=O) groups excluding carboxylic acids is 1. The first-order valence-corrected chi connectivity index (χ1v) is 8.58. The van der Waals surface area contributed by atoms with Gasteiger partial charge in [-0.15, -0.1) is 0 Å². The topological polar surface area (TPSA) is 64.7 Å². The minimum atomic E-state index is -0.187. The molecule has 1 aliphatic carbocycles. The second-order valence-electron chi connectivity index (χ2n) is 6.67. The molecule has 1 amide bonds. The van der Waals surface area contributed by atoms with Gasteiger partial charge in [-0.2, -0.15) is 5.10 Å². The lowest BCUT2D eigenvalue weighted by molar-refractivity contribution is 0.102. The summed E-state index contributed by atoms with van der Waals surface area (Å²) in [6.45, 7) is 4.18. The van der Waals surface area contributed by atoms with E-state index < -0.39 is 0 Å². The highest BCUT2D eigenvalue weighted by molar-refractivity contribution is 6.03. The van der Waals surface area contributed by atoms with Crippen LogP contribution in [0.25, 0.3) is 5.69 Å². The van der Waals surface area contributed by atoms with E-state index in [1.807, 2.05) is 52.7 Å². The number of hydrogen-bond acceptors (Lipinski definition) is 3. The van der Waals surface area contributed by atoms with Crippen molar-refractivity contribution in [2.45, 2.75) is 32.7 Å². The van der Waals surface area contributed by atoms with E-state index in [1.54, 1.807) is 12.5 Å². The lowest BCUT2D eigenvalue weighted by Crippen LogP contribution is -2.15. The highest BCUT2D eigenvalue weighted by Gasteiger charge is 2.30. The molecule has 2 aromatic heterocycles. The molecule has 0 spiro atoms. The second kappa shape index (κ2) is 6.20. The van der Waals surface area contributed by atoms with Gasteiger partial charge < -0.3 is 9.88 Å². The smallest absolute Gasteiger partial charge is 0.276 e.